The molecule has 2 aromatic carbocycles. The Labute approximate surface area is 160 Å². The van der Waals surface area contributed by atoms with Crippen LogP contribution in [0.15, 0.2) is 30.3 Å². The van der Waals surface area contributed by atoms with Crippen LogP contribution < -0.4 is 9.47 Å². The van der Waals surface area contributed by atoms with Gasteiger partial charge in [-0.05, 0) is 36.5 Å². The van der Waals surface area contributed by atoms with E-state index in [0.717, 1.165) is 30.9 Å². The first-order valence-electron chi connectivity index (χ1n) is 8.93. The summed E-state index contributed by atoms with van der Waals surface area (Å²) in [5.41, 5.74) is 2.10. The van der Waals surface area contributed by atoms with E-state index in [-0.39, 0.29) is 36.1 Å². The molecule has 0 radical (unpaired) electrons. The van der Waals surface area contributed by atoms with Crippen LogP contribution in [0.25, 0.3) is 0 Å². The van der Waals surface area contributed by atoms with Crippen molar-refractivity contribution >= 4 is 17.4 Å². The second-order valence-electron chi connectivity index (χ2n) is 6.61. The molecule has 0 bridgehead atoms. The van der Waals surface area contributed by atoms with Gasteiger partial charge in [0, 0.05) is 11.6 Å². The van der Waals surface area contributed by atoms with Crippen molar-refractivity contribution in [3.8, 4) is 11.5 Å². The first kappa shape index (κ1) is 18.0. The molecule has 0 aromatic heterocycles. The average Bonchev–Trinajstić information content (AvgIpc) is 3.18. The molecule has 1 heterocycles. The normalized spacial score (nSPS) is 14.3. The van der Waals surface area contributed by atoms with Crippen LogP contribution in [0.4, 0.5) is 5.69 Å². The number of esters is 1. The zero-order valence-electron chi connectivity index (χ0n) is 14.9. The maximum absolute atomic E-state index is 12.4. The Kier molecular flexibility index (Phi) is 4.68. The molecule has 144 valence electrons. The van der Waals surface area contributed by atoms with Gasteiger partial charge in [-0.2, -0.15) is 0 Å². The summed E-state index contributed by atoms with van der Waals surface area (Å²) in [6.07, 6.45) is 3.00. The third-order valence-corrected chi connectivity index (χ3v) is 4.83. The number of nitrogens with zero attached hydrogens (tertiary/aromatic N) is 1. The van der Waals surface area contributed by atoms with Gasteiger partial charge in [0.05, 0.1) is 11.0 Å². The summed E-state index contributed by atoms with van der Waals surface area (Å²) in [6, 6.07) is 7.81. The van der Waals surface area contributed by atoms with E-state index < -0.39 is 23.2 Å². The van der Waals surface area contributed by atoms with E-state index >= 15 is 0 Å². The summed E-state index contributed by atoms with van der Waals surface area (Å²) >= 11 is 0. The number of rotatable bonds is 5. The molecule has 0 saturated carbocycles. The largest absolute Gasteiger partial charge is 0.486 e. The fraction of sp³-hybridized carbons (Fsp3) is 0.300. The minimum Gasteiger partial charge on any atom is -0.486 e. The van der Waals surface area contributed by atoms with E-state index in [1.807, 2.05) is 12.1 Å². The van der Waals surface area contributed by atoms with Gasteiger partial charge in [0.2, 0.25) is 0 Å². The number of aryl methyl sites for hydroxylation is 2. The van der Waals surface area contributed by atoms with Crippen LogP contribution in [0.3, 0.4) is 0 Å². The molecule has 1 aliphatic heterocycles. The van der Waals surface area contributed by atoms with Crippen molar-refractivity contribution in [3.05, 3.63) is 62.7 Å². The van der Waals surface area contributed by atoms with Crippen LogP contribution in [0.1, 0.15) is 38.3 Å². The molecule has 28 heavy (non-hydrogen) atoms. The molecule has 4 rings (SSSR count). The number of hydrogen-bond donors (Lipinski definition) is 0. The lowest BCUT2D eigenvalue weighted by atomic mass is 10.0. The first-order valence-corrected chi connectivity index (χ1v) is 8.93. The molecule has 0 spiro atoms. The summed E-state index contributed by atoms with van der Waals surface area (Å²) in [5.74, 6) is -0.890. The smallest absolute Gasteiger partial charge is 0.345 e. The van der Waals surface area contributed by atoms with Gasteiger partial charge < -0.3 is 14.2 Å². The molecule has 0 atom stereocenters. The SMILES string of the molecule is O=C(COC(=O)c1cc2c(cc1[N+](=O)[O-])OCCO2)c1ccc2c(c1)CCC2. The van der Waals surface area contributed by atoms with Crippen molar-refractivity contribution in [1.82, 2.24) is 0 Å². The molecule has 2 aromatic rings. The monoisotopic (exact) mass is 383 g/mol. The zero-order chi connectivity index (χ0) is 19.7. The third kappa shape index (κ3) is 3.40. The molecule has 0 unspecified atom stereocenters. The highest BCUT2D eigenvalue weighted by Crippen LogP contribution is 2.36. The second kappa shape index (κ2) is 7.30. The highest BCUT2D eigenvalue weighted by Gasteiger charge is 2.28. The van der Waals surface area contributed by atoms with Crippen molar-refractivity contribution in [2.45, 2.75) is 19.3 Å². The van der Waals surface area contributed by atoms with Gasteiger partial charge in [-0.1, -0.05) is 12.1 Å². The highest BCUT2D eigenvalue weighted by molar-refractivity contribution is 6.00. The van der Waals surface area contributed by atoms with Gasteiger partial charge in [-0.15, -0.1) is 0 Å². The fourth-order valence-corrected chi connectivity index (χ4v) is 3.43. The number of benzene rings is 2. The zero-order valence-corrected chi connectivity index (χ0v) is 14.9. The topological polar surface area (TPSA) is 105 Å². The molecular formula is C20H17NO7. The molecular weight excluding hydrogens is 366 g/mol. The number of hydrogen-bond acceptors (Lipinski definition) is 7. The van der Waals surface area contributed by atoms with Crippen molar-refractivity contribution in [1.29, 1.82) is 0 Å². The van der Waals surface area contributed by atoms with Crippen molar-refractivity contribution in [2.24, 2.45) is 0 Å². The average molecular weight is 383 g/mol. The van der Waals surface area contributed by atoms with Crippen molar-refractivity contribution < 1.29 is 28.7 Å². The van der Waals surface area contributed by atoms with Crippen LogP contribution in [-0.4, -0.2) is 36.5 Å². The lowest BCUT2D eigenvalue weighted by molar-refractivity contribution is -0.385. The van der Waals surface area contributed by atoms with Crippen LogP contribution in [0.2, 0.25) is 0 Å². The number of carbonyl (C=O) groups is 2. The first-order chi connectivity index (χ1) is 13.5. The number of nitro benzene ring substituents is 1. The summed E-state index contributed by atoms with van der Waals surface area (Å²) < 4.78 is 15.7. The standard InChI is InChI=1S/C20H17NO7/c22-17(14-5-4-12-2-1-3-13(12)8-14)11-28-20(23)15-9-18-19(27-7-6-26-18)10-16(15)21(24)25/h4-5,8-10H,1-3,6-7,11H2. The number of nitro groups is 1. The lowest BCUT2D eigenvalue weighted by Crippen LogP contribution is -2.18. The van der Waals surface area contributed by atoms with Gasteiger partial charge in [0.15, 0.2) is 23.9 Å². The van der Waals surface area contributed by atoms with Gasteiger partial charge in [-0.3, -0.25) is 14.9 Å². The van der Waals surface area contributed by atoms with Crippen LogP contribution in [0.5, 0.6) is 11.5 Å². The van der Waals surface area contributed by atoms with E-state index in [1.165, 1.54) is 11.6 Å². The van der Waals surface area contributed by atoms with Crippen LogP contribution in [-0.2, 0) is 17.6 Å². The van der Waals surface area contributed by atoms with E-state index in [2.05, 4.69) is 0 Å². The Balaban J connectivity index is 1.50. The number of fused-ring (bicyclic) bond motifs is 2. The Bertz CT molecular complexity index is 983. The number of carbonyl (C=O) groups excluding carboxylic acids is 2. The molecule has 0 saturated heterocycles. The summed E-state index contributed by atoms with van der Waals surface area (Å²) in [5, 5.41) is 11.3. The number of ether oxygens (including phenoxy) is 3. The maximum atomic E-state index is 12.4. The molecule has 0 amide bonds. The van der Waals surface area contributed by atoms with Crippen LogP contribution >= 0.6 is 0 Å². The predicted molar refractivity (Wildman–Crippen MR) is 97.2 cm³/mol. The Morgan fingerprint density at radius 3 is 2.50 bits per heavy atom. The second-order valence-corrected chi connectivity index (χ2v) is 6.61. The van der Waals surface area contributed by atoms with Gasteiger partial charge >= 0.3 is 5.97 Å². The molecule has 2 aliphatic rings. The van der Waals surface area contributed by atoms with E-state index in [9.17, 15) is 19.7 Å². The number of Topliss-reactive ketones (excluding diaryl/α,β-unsaturated/α-hetero) is 1. The van der Waals surface area contributed by atoms with E-state index in [4.69, 9.17) is 14.2 Å². The third-order valence-electron chi connectivity index (χ3n) is 4.83. The van der Waals surface area contributed by atoms with Crippen molar-refractivity contribution in [2.75, 3.05) is 19.8 Å². The Morgan fingerprint density at radius 1 is 1.04 bits per heavy atom. The van der Waals surface area contributed by atoms with Crippen LogP contribution in [0, 0.1) is 10.1 Å². The molecule has 0 fully saturated rings. The minimum atomic E-state index is -0.960. The van der Waals surface area contributed by atoms with Gasteiger partial charge in [-0.25, -0.2) is 4.79 Å². The van der Waals surface area contributed by atoms with E-state index in [1.54, 1.807) is 6.07 Å². The highest BCUT2D eigenvalue weighted by atomic mass is 16.6. The Hall–Kier alpha value is -3.42. The summed E-state index contributed by atoms with van der Waals surface area (Å²) in [6.45, 7) is 0.0442. The minimum absolute atomic E-state index is 0.198. The van der Waals surface area contributed by atoms with Crippen molar-refractivity contribution in [3.63, 3.8) is 0 Å². The predicted octanol–water partition coefficient (Wildman–Crippen LogP) is 2.89. The quantitative estimate of drug-likeness (QED) is 0.338. The molecule has 8 heteroatoms. The molecule has 0 N–H and O–H groups in total. The summed E-state index contributed by atoms with van der Waals surface area (Å²) in [4.78, 5) is 35.4. The fourth-order valence-electron chi connectivity index (χ4n) is 3.43. The van der Waals surface area contributed by atoms with Gasteiger partial charge in [0.25, 0.3) is 5.69 Å². The number of ketones is 1. The Morgan fingerprint density at radius 2 is 1.75 bits per heavy atom. The van der Waals surface area contributed by atoms with Gasteiger partial charge in [0.1, 0.15) is 18.8 Å². The summed E-state index contributed by atoms with van der Waals surface area (Å²) in [7, 11) is 0. The maximum Gasteiger partial charge on any atom is 0.345 e. The molecule has 1 aliphatic carbocycles. The molecule has 8 nitrogen and oxygen atoms in total. The van der Waals surface area contributed by atoms with E-state index in [0.29, 0.717) is 5.56 Å². The lowest BCUT2D eigenvalue weighted by Gasteiger charge is -2.18.